The lowest BCUT2D eigenvalue weighted by Gasteiger charge is -2.10. The summed E-state index contributed by atoms with van der Waals surface area (Å²) in [6.07, 6.45) is 1.47. The Morgan fingerprint density at radius 1 is 1.37 bits per heavy atom. The number of anilines is 1. The Labute approximate surface area is 113 Å². The summed E-state index contributed by atoms with van der Waals surface area (Å²) in [7, 11) is 1.61. The zero-order valence-electron chi connectivity index (χ0n) is 9.92. The topological polar surface area (TPSA) is 84.2 Å². The first kappa shape index (κ1) is 13.1. The number of aromatic nitrogens is 2. The molecule has 98 valence electrons. The third-order valence-corrected chi connectivity index (χ3v) is 2.85. The van der Waals surface area contributed by atoms with Gasteiger partial charge < -0.3 is 10.4 Å². The standard InChI is InChI=1S/C12H10ClN3O3/c1-16-9(5-6-14-16)11(17)15-10-7(12(18)19)3-2-4-8(10)13/h2-6H,1H3,(H,15,17)(H,18,19). The van der Waals surface area contributed by atoms with Crippen LogP contribution in [0.4, 0.5) is 5.69 Å². The van der Waals surface area contributed by atoms with Crippen molar-refractivity contribution < 1.29 is 14.7 Å². The van der Waals surface area contributed by atoms with Gasteiger partial charge in [0.05, 0.1) is 16.3 Å². The van der Waals surface area contributed by atoms with Crippen LogP contribution in [0.5, 0.6) is 0 Å². The number of amides is 1. The number of hydrogen-bond donors (Lipinski definition) is 2. The highest BCUT2D eigenvalue weighted by atomic mass is 35.5. The fraction of sp³-hybridized carbons (Fsp3) is 0.0833. The summed E-state index contributed by atoms with van der Waals surface area (Å²) in [5, 5.41) is 15.6. The second-order valence-corrected chi connectivity index (χ2v) is 4.17. The first-order chi connectivity index (χ1) is 9.00. The maximum atomic E-state index is 12.0. The molecule has 2 rings (SSSR count). The van der Waals surface area contributed by atoms with Crippen molar-refractivity contribution in [2.24, 2.45) is 7.05 Å². The van der Waals surface area contributed by atoms with E-state index in [1.165, 1.54) is 35.1 Å². The van der Waals surface area contributed by atoms with Gasteiger partial charge >= 0.3 is 5.97 Å². The Bertz CT molecular complexity index is 651. The minimum Gasteiger partial charge on any atom is -0.478 e. The summed E-state index contributed by atoms with van der Waals surface area (Å²) >= 11 is 5.92. The molecule has 0 aliphatic rings. The molecule has 2 N–H and O–H groups in total. The zero-order valence-corrected chi connectivity index (χ0v) is 10.7. The first-order valence-electron chi connectivity index (χ1n) is 5.32. The van der Waals surface area contributed by atoms with Gasteiger partial charge in [0.25, 0.3) is 5.91 Å². The maximum Gasteiger partial charge on any atom is 0.337 e. The van der Waals surface area contributed by atoms with Crippen LogP contribution in [-0.4, -0.2) is 26.8 Å². The molecule has 1 aromatic carbocycles. The molecule has 0 bridgehead atoms. The van der Waals surface area contributed by atoms with Gasteiger partial charge in [-0.25, -0.2) is 4.79 Å². The van der Waals surface area contributed by atoms with Crippen molar-refractivity contribution >= 4 is 29.2 Å². The predicted octanol–water partition coefficient (Wildman–Crippen LogP) is 2.02. The number of benzene rings is 1. The number of hydrogen-bond acceptors (Lipinski definition) is 3. The van der Waals surface area contributed by atoms with E-state index in [0.717, 1.165) is 0 Å². The monoisotopic (exact) mass is 279 g/mol. The Morgan fingerprint density at radius 3 is 2.68 bits per heavy atom. The van der Waals surface area contributed by atoms with Gasteiger partial charge in [-0.3, -0.25) is 9.48 Å². The van der Waals surface area contributed by atoms with Crippen LogP contribution in [0.15, 0.2) is 30.5 Å². The molecule has 0 aliphatic carbocycles. The van der Waals surface area contributed by atoms with Crippen LogP contribution in [0, 0.1) is 0 Å². The van der Waals surface area contributed by atoms with Gasteiger partial charge in [-0.05, 0) is 18.2 Å². The van der Waals surface area contributed by atoms with Gasteiger partial charge in [0.15, 0.2) is 0 Å². The molecule has 0 radical (unpaired) electrons. The number of carbonyl (C=O) groups is 2. The van der Waals surface area contributed by atoms with Gasteiger partial charge in [0, 0.05) is 13.2 Å². The molecule has 0 unspecified atom stereocenters. The largest absolute Gasteiger partial charge is 0.478 e. The molecule has 19 heavy (non-hydrogen) atoms. The lowest BCUT2D eigenvalue weighted by molar-refractivity contribution is 0.0698. The molecule has 1 amide bonds. The summed E-state index contributed by atoms with van der Waals surface area (Å²) in [4.78, 5) is 23.1. The van der Waals surface area contributed by atoms with Gasteiger partial charge in [-0.2, -0.15) is 5.10 Å². The average molecular weight is 280 g/mol. The summed E-state index contributed by atoms with van der Waals surface area (Å²) in [6.45, 7) is 0. The van der Waals surface area contributed by atoms with Crippen molar-refractivity contribution in [1.82, 2.24) is 9.78 Å². The fourth-order valence-electron chi connectivity index (χ4n) is 1.60. The minimum absolute atomic E-state index is 0.0666. The molecular formula is C12H10ClN3O3. The Kier molecular flexibility index (Phi) is 3.52. The fourth-order valence-corrected chi connectivity index (χ4v) is 1.83. The van der Waals surface area contributed by atoms with Gasteiger partial charge in [-0.15, -0.1) is 0 Å². The number of nitrogens with one attached hydrogen (secondary N) is 1. The summed E-state index contributed by atoms with van der Waals surface area (Å²) in [6, 6.07) is 5.90. The Balaban J connectivity index is 2.36. The highest BCUT2D eigenvalue weighted by Crippen LogP contribution is 2.26. The molecule has 0 aliphatic heterocycles. The quantitative estimate of drug-likeness (QED) is 0.900. The van der Waals surface area contributed by atoms with Crippen LogP contribution < -0.4 is 5.32 Å². The molecule has 1 aromatic heterocycles. The van der Waals surface area contributed by atoms with Crippen molar-refractivity contribution in [2.75, 3.05) is 5.32 Å². The molecule has 7 heteroatoms. The molecular weight excluding hydrogens is 270 g/mol. The average Bonchev–Trinajstić information content (AvgIpc) is 2.77. The van der Waals surface area contributed by atoms with E-state index in [1.807, 2.05) is 0 Å². The zero-order chi connectivity index (χ0) is 14.0. The van der Waals surface area contributed by atoms with E-state index in [1.54, 1.807) is 7.05 Å². The lowest BCUT2D eigenvalue weighted by atomic mass is 10.1. The van der Waals surface area contributed by atoms with Crippen LogP contribution in [0.25, 0.3) is 0 Å². The number of aryl methyl sites for hydroxylation is 1. The third-order valence-electron chi connectivity index (χ3n) is 2.54. The van der Waals surface area contributed by atoms with E-state index in [2.05, 4.69) is 10.4 Å². The highest BCUT2D eigenvalue weighted by Gasteiger charge is 2.17. The van der Waals surface area contributed by atoms with Crippen LogP contribution in [0.2, 0.25) is 5.02 Å². The minimum atomic E-state index is -1.16. The number of carboxylic acid groups (broad SMARTS) is 1. The Morgan fingerprint density at radius 2 is 2.11 bits per heavy atom. The van der Waals surface area contributed by atoms with Crippen molar-refractivity contribution in [3.63, 3.8) is 0 Å². The predicted molar refractivity (Wildman–Crippen MR) is 69.6 cm³/mol. The summed E-state index contributed by atoms with van der Waals surface area (Å²) < 4.78 is 1.38. The number of carboxylic acids is 1. The van der Waals surface area contributed by atoms with Crippen LogP contribution in [0.1, 0.15) is 20.8 Å². The Hall–Kier alpha value is -2.34. The van der Waals surface area contributed by atoms with Gasteiger partial charge in [0.1, 0.15) is 5.69 Å². The molecule has 0 fully saturated rings. The number of aromatic carboxylic acids is 1. The highest BCUT2D eigenvalue weighted by molar-refractivity contribution is 6.34. The molecule has 0 atom stereocenters. The van der Waals surface area contributed by atoms with Crippen molar-refractivity contribution in [3.8, 4) is 0 Å². The smallest absolute Gasteiger partial charge is 0.337 e. The first-order valence-corrected chi connectivity index (χ1v) is 5.69. The van der Waals surface area contributed by atoms with E-state index < -0.39 is 11.9 Å². The van der Waals surface area contributed by atoms with Crippen LogP contribution in [0.3, 0.4) is 0 Å². The molecule has 0 saturated heterocycles. The second kappa shape index (κ2) is 5.11. The van der Waals surface area contributed by atoms with Crippen molar-refractivity contribution in [3.05, 3.63) is 46.7 Å². The van der Waals surface area contributed by atoms with Crippen molar-refractivity contribution in [1.29, 1.82) is 0 Å². The lowest BCUT2D eigenvalue weighted by Crippen LogP contribution is -2.18. The summed E-state index contributed by atoms with van der Waals surface area (Å²) in [5.41, 5.74) is 0.308. The van der Waals surface area contributed by atoms with Gasteiger partial charge in [0.2, 0.25) is 0 Å². The number of halogens is 1. The van der Waals surface area contributed by atoms with E-state index in [-0.39, 0.29) is 16.3 Å². The number of carbonyl (C=O) groups excluding carboxylic acids is 1. The van der Waals surface area contributed by atoms with Crippen molar-refractivity contribution in [2.45, 2.75) is 0 Å². The second-order valence-electron chi connectivity index (χ2n) is 3.76. The van der Waals surface area contributed by atoms with E-state index >= 15 is 0 Å². The molecule has 2 aromatic rings. The van der Waals surface area contributed by atoms with Gasteiger partial charge in [-0.1, -0.05) is 17.7 Å². The molecule has 0 spiro atoms. The summed E-state index contributed by atoms with van der Waals surface area (Å²) in [5.74, 6) is -1.64. The number of para-hydroxylation sites is 1. The third kappa shape index (κ3) is 2.58. The van der Waals surface area contributed by atoms with Crippen LogP contribution in [-0.2, 0) is 7.05 Å². The van der Waals surface area contributed by atoms with Crippen LogP contribution >= 0.6 is 11.6 Å². The van der Waals surface area contributed by atoms with E-state index in [9.17, 15) is 9.59 Å². The van der Waals surface area contributed by atoms with E-state index in [0.29, 0.717) is 5.69 Å². The normalized spacial score (nSPS) is 10.2. The maximum absolute atomic E-state index is 12.0. The van der Waals surface area contributed by atoms with E-state index in [4.69, 9.17) is 16.7 Å². The molecule has 0 saturated carbocycles. The number of nitrogens with zero attached hydrogens (tertiary/aromatic N) is 2. The molecule has 1 heterocycles. The number of rotatable bonds is 3. The SMILES string of the molecule is Cn1nccc1C(=O)Nc1c(Cl)cccc1C(=O)O. The molecule has 6 nitrogen and oxygen atoms in total.